The van der Waals surface area contributed by atoms with E-state index in [1.807, 2.05) is 0 Å². The highest BCUT2D eigenvalue weighted by molar-refractivity contribution is 5.82. The molecule has 0 unspecified atom stereocenters. The van der Waals surface area contributed by atoms with Crippen molar-refractivity contribution in [1.29, 1.82) is 0 Å². The molecule has 1 aliphatic carbocycles. The van der Waals surface area contributed by atoms with Gasteiger partial charge >= 0.3 is 0 Å². The molecule has 3 rings (SSSR count). The molecule has 2 aromatic rings. The number of rotatable bonds is 7. The fourth-order valence-corrected chi connectivity index (χ4v) is 4.45. The van der Waals surface area contributed by atoms with Gasteiger partial charge in [-0.05, 0) is 41.0 Å². The highest BCUT2D eigenvalue weighted by Gasteiger charge is 2.44. The van der Waals surface area contributed by atoms with Crippen LogP contribution in [0.1, 0.15) is 38.7 Å². The molecule has 0 saturated heterocycles. The van der Waals surface area contributed by atoms with Crippen LogP contribution in [0.25, 0.3) is 10.8 Å². The van der Waals surface area contributed by atoms with Gasteiger partial charge in [0.15, 0.2) is 0 Å². The Balaban J connectivity index is 1.62. The van der Waals surface area contributed by atoms with Crippen molar-refractivity contribution in [3.05, 3.63) is 48.0 Å². The first kappa shape index (κ1) is 19.1. The van der Waals surface area contributed by atoms with Gasteiger partial charge in [-0.25, -0.2) is 0 Å². The van der Waals surface area contributed by atoms with Crippen molar-refractivity contribution in [2.24, 2.45) is 11.3 Å². The molecule has 1 fully saturated rings. The van der Waals surface area contributed by atoms with Crippen molar-refractivity contribution in [1.82, 2.24) is 0 Å². The van der Waals surface area contributed by atoms with Gasteiger partial charge in [0.05, 0.1) is 18.8 Å². The van der Waals surface area contributed by atoms with Crippen LogP contribution in [-0.2, 0) is 20.7 Å². The summed E-state index contributed by atoms with van der Waals surface area (Å²) in [6.07, 6.45) is 4.60. The van der Waals surface area contributed by atoms with E-state index in [1.165, 1.54) is 16.3 Å². The molecule has 3 heteroatoms. The lowest BCUT2D eigenvalue weighted by molar-refractivity contribution is -0.138. The quantitative estimate of drug-likeness (QED) is 0.670. The van der Waals surface area contributed by atoms with Gasteiger partial charge in [-0.3, -0.25) is 0 Å². The zero-order valence-corrected chi connectivity index (χ0v) is 16.1. The lowest BCUT2D eigenvalue weighted by Crippen LogP contribution is -2.49. The summed E-state index contributed by atoms with van der Waals surface area (Å²) in [6.45, 7) is 5.13. The Hall–Kier alpha value is -1.71. The van der Waals surface area contributed by atoms with Gasteiger partial charge in [0.2, 0.25) is 0 Å². The van der Waals surface area contributed by atoms with Gasteiger partial charge in [0.1, 0.15) is 6.29 Å². The molecular formula is C23H30O3. The van der Waals surface area contributed by atoms with E-state index in [2.05, 4.69) is 56.3 Å². The second-order valence-corrected chi connectivity index (χ2v) is 8.09. The molecule has 1 aliphatic rings. The monoisotopic (exact) mass is 354 g/mol. The van der Waals surface area contributed by atoms with Crippen LogP contribution in [0.5, 0.6) is 0 Å². The zero-order valence-electron chi connectivity index (χ0n) is 16.1. The topological polar surface area (TPSA) is 35.5 Å². The Bertz CT molecular complexity index is 737. The molecule has 1 saturated carbocycles. The second-order valence-electron chi connectivity index (χ2n) is 8.09. The summed E-state index contributed by atoms with van der Waals surface area (Å²) >= 11 is 0. The first-order valence-corrected chi connectivity index (χ1v) is 9.61. The average molecular weight is 354 g/mol. The maximum absolute atomic E-state index is 11.2. The molecule has 0 radical (unpaired) electrons. The Morgan fingerprint density at radius 3 is 2.65 bits per heavy atom. The number of ether oxygens (including phenoxy) is 2. The van der Waals surface area contributed by atoms with E-state index < -0.39 is 0 Å². The number of hydrogen-bond donors (Lipinski definition) is 0. The Kier molecular flexibility index (Phi) is 6.10. The molecule has 2 aromatic carbocycles. The van der Waals surface area contributed by atoms with Gasteiger partial charge in [-0.15, -0.1) is 0 Å². The summed E-state index contributed by atoms with van der Waals surface area (Å²) in [5.74, 6) is 0.137. The summed E-state index contributed by atoms with van der Waals surface area (Å²) < 4.78 is 12.0. The van der Waals surface area contributed by atoms with Crippen LogP contribution in [0.3, 0.4) is 0 Å². The first-order chi connectivity index (χ1) is 12.5. The van der Waals surface area contributed by atoms with Crippen molar-refractivity contribution in [2.45, 2.75) is 51.7 Å². The molecule has 0 heterocycles. The second kappa shape index (κ2) is 8.32. The van der Waals surface area contributed by atoms with Crippen LogP contribution >= 0.6 is 0 Å². The van der Waals surface area contributed by atoms with Crippen LogP contribution in [0.4, 0.5) is 0 Å². The molecule has 0 N–H and O–H groups in total. The maximum atomic E-state index is 11.2. The van der Waals surface area contributed by atoms with E-state index >= 15 is 0 Å². The van der Waals surface area contributed by atoms with E-state index in [0.717, 1.165) is 25.5 Å². The number of benzene rings is 2. The number of fused-ring (bicyclic) bond motifs is 1. The van der Waals surface area contributed by atoms with Crippen LogP contribution < -0.4 is 0 Å². The lowest BCUT2D eigenvalue weighted by Gasteiger charge is -2.46. The lowest BCUT2D eigenvalue weighted by atomic mass is 9.67. The predicted octanol–water partition coefficient (Wildman–Crippen LogP) is 4.81. The normalized spacial score (nSPS) is 25.3. The largest absolute Gasteiger partial charge is 0.380 e. The van der Waals surface area contributed by atoms with Crippen molar-refractivity contribution < 1.29 is 14.3 Å². The van der Waals surface area contributed by atoms with Crippen molar-refractivity contribution >= 4 is 17.1 Å². The highest BCUT2D eigenvalue weighted by Crippen LogP contribution is 2.43. The molecule has 0 bridgehead atoms. The number of methoxy groups -OCH3 is 1. The summed E-state index contributed by atoms with van der Waals surface area (Å²) in [5, 5.41) is 2.53. The number of carbonyl (C=O) groups is 1. The molecule has 0 aliphatic heterocycles. The summed E-state index contributed by atoms with van der Waals surface area (Å²) in [7, 11) is 1.75. The minimum atomic E-state index is 0.0621. The summed E-state index contributed by atoms with van der Waals surface area (Å²) in [6, 6.07) is 15.0. The van der Waals surface area contributed by atoms with Crippen molar-refractivity contribution in [3.8, 4) is 0 Å². The van der Waals surface area contributed by atoms with Gasteiger partial charge in [-0.1, -0.05) is 56.3 Å². The maximum Gasteiger partial charge on any atom is 0.120 e. The molecule has 26 heavy (non-hydrogen) atoms. The molecule has 3 atom stereocenters. The zero-order chi connectivity index (χ0) is 18.6. The minimum Gasteiger partial charge on any atom is -0.380 e. The molecule has 3 nitrogen and oxygen atoms in total. The first-order valence-electron chi connectivity index (χ1n) is 9.61. The Morgan fingerprint density at radius 2 is 1.92 bits per heavy atom. The number of hydrogen-bond acceptors (Lipinski definition) is 3. The third-order valence-corrected chi connectivity index (χ3v) is 5.87. The van der Waals surface area contributed by atoms with Crippen LogP contribution in [0, 0.1) is 11.3 Å². The summed E-state index contributed by atoms with van der Waals surface area (Å²) in [4.78, 5) is 11.2. The minimum absolute atomic E-state index is 0.0621. The fraction of sp³-hybridized carbons (Fsp3) is 0.522. The predicted molar refractivity (Wildman–Crippen MR) is 105 cm³/mol. The van der Waals surface area contributed by atoms with Gasteiger partial charge in [0.25, 0.3) is 0 Å². The molecule has 0 amide bonds. The highest BCUT2D eigenvalue weighted by atomic mass is 16.5. The molecule has 140 valence electrons. The smallest absolute Gasteiger partial charge is 0.120 e. The van der Waals surface area contributed by atoms with E-state index in [-0.39, 0.29) is 23.5 Å². The van der Waals surface area contributed by atoms with Crippen molar-refractivity contribution in [3.63, 3.8) is 0 Å². The number of aldehydes is 1. The van der Waals surface area contributed by atoms with Crippen LogP contribution in [0.2, 0.25) is 0 Å². The average Bonchev–Trinajstić information content (AvgIpc) is 2.63. The van der Waals surface area contributed by atoms with Gasteiger partial charge in [0, 0.05) is 19.4 Å². The third-order valence-electron chi connectivity index (χ3n) is 5.87. The Morgan fingerprint density at radius 1 is 1.15 bits per heavy atom. The van der Waals surface area contributed by atoms with Gasteiger partial charge in [-0.2, -0.15) is 0 Å². The van der Waals surface area contributed by atoms with Crippen LogP contribution in [0.15, 0.2) is 42.5 Å². The SMILES string of the molecule is CO[C@@H]1[C@@H](CC=O)[C@H](OCCc2ccc3ccccc3c2)CCC1(C)C. The van der Waals surface area contributed by atoms with E-state index in [1.54, 1.807) is 7.11 Å². The Labute approximate surface area is 156 Å². The molecular weight excluding hydrogens is 324 g/mol. The molecule has 0 spiro atoms. The van der Waals surface area contributed by atoms with E-state index in [9.17, 15) is 4.79 Å². The van der Waals surface area contributed by atoms with Crippen LogP contribution in [-0.4, -0.2) is 32.2 Å². The van der Waals surface area contributed by atoms with E-state index in [4.69, 9.17) is 9.47 Å². The number of carbonyl (C=O) groups excluding carboxylic acids is 1. The fourth-order valence-electron chi connectivity index (χ4n) is 4.45. The van der Waals surface area contributed by atoms with Gasteiger partial charge < -0.3 is 14.3 Å². The standard InChI is InChI=1S/C23H30O3/c1-23(2)13-10-21(20(11-14-24)22(23)25-3)26-15-12-17-8-9-18-6-4-5-7-19(18)16-17/h4-9,14,16,20-22H,10-13,15H2,1-3H3/t20-,21+,22+/m0/s1. The molecule has 0 aromatic heterocycles. The van der Waals surface area contributed by atoms with Crippen molar-refractivity contribution in [2.75, 3.05) is 13.7 Å². The third kappa shape index (κ3) is 4.16. The summed E-state index contributed by atoms with van der Waals surface area (Å²) in [5.41, 5.74) is 1.37. The van der Waals surface area contributed by atoms with E-state index in [0.29, 0.717) is 13.0 Å².